The SMILES string of the molecule is COCCCN(C(=O)Cc1c(C)nc(C)[nH]c1=O)C1CCN(C)CC1. The van der Waals surface area contributed by atoms with Gasteiger partial charge in [-0.05, 0) is 53.2 Å². The average molecular weight is 350 g/mol. The maximum absolute atomic E-state index is 13.0. The van der Waals surface area contributed by atoms with E-state index in [9.17, 15) is 9.59 Å². The minimum absolute atomic E-state index is 0.00455. The van der Waals surface area contributed by atoms with Crippen molar-refractivity contribution in [3.05, 3.63) is 27.4 Å². The molecule has 25 heavy (non-hydrogen) atoms. The van der Waals surface area contributed by atoms with Gasteiger partial charge in [-0.1, -0.05) is 0 Å². The number of rotatable bonds is 7. The van der Waals surface area contributed by atoms with Crippen LogP contribution in [0.3, 0.4) is 0 Å². The molecule has 2 heterocycles. The fraction of sp³-hybridized carbons (Fsp3) is 0.722. The standard InChI is InChI=1S/C18H30N4O3/c1-13-16(18(24)20-14(2)19-13)12-17(23)22(8-5-11-25-4)15-6-9-21(3)10-7-15/h15H,5-12H2,1-4H3,(H,19,20,24). The first-order valence-electron chi connectivity index (χ1n) is 8.95. The molecule has 7 nitrogen and oxygen atoms in total. The molecular formula is C18H30N4O3. The molecule has 0 saturated carbocycles. The quantitative estimate of drug-likeness (QED) is 0.739. The highest BCUT2D eigenvalue weighted by atomic mass is 16.5. The number of aromatic nitrogens is 2. The van der Waals surface area contributed by atoms with E-state index >= 15 is 0 Å². The van der Waals surface area contributed by atoms with E-state index in [2.05, 4.69) is 21.9 Å². The van der Waals surface area contributed by atoms with Crippen LogP contribution in [-0.2, 0) is 16.0 Å². The van der Waals surface area contributed by atoms with E-state index in [-0.39, 0.29) is 23.9 Å². The van der Waals surface area contributed by atoms with Gasteiger partial charge in [0.2, 0.25) is 5.91 Å². The lowest BCUT2D eigenvalue weighted by atomic mass is 10.0. The van der Waals surface area contributed by atoms with Crippen molar-refractivity contribution in [2.75, 3.05) is 40.4 Å². The molecule has 7 heteroatoms. The molecule has 1 fully saturated rings. The first-order valence-corrected chi connectivity index (χ1v) is 8.95. The van der Waals surface area contributed by atoms with Crippen LogP contribution in [-0.4, -0.2) is 72.1 Å². The Balaban J connectivity index is 2.13. The zero-order chi connectivity index (χ0) is 18.4. The van der Waals surface area contributed by atoms with E-state index in [1.54, 1.807) is 21.0 Å². The molecule has 0 aliphatic carbocycles. The predicted molar refractivity (Wildman–Crippen MR) is 96.8 cm³/mol. The van der Waals surface area contributed by atoms with Crippen LogP contribution in [0.2, 0.25) is 0 Å². The van der Waals surface area contributed by atoms with Crippen LogP contribution in [0.25, 0.3) is 0 Å². The number of piperidine rings is 1. The van der Waals surface area contributed by atoms with Gasteiger partial charge in [-0.3, -0.25) is 9.59 Å². The molecule has 1 saturated heterocycles. The van der Waals surface area contributed by atoms with Crippen LogP contribution >= 0.6 is 0 Å². The van der Waals surface area contributed by atoms with E-state index in [1.807, 2.05) is 4.90 Å². The van der Waals surface area contributed by atoms with Gasteiger partial charge in [0.1, 0.15) is 5.82 Å². The molecule has 0 bridgehead atoms. The summed E-state index contributed by atoms with van der Waals surface area (Å²) in [4.78, 5) is 36.4. The Labute approximate surface area is 149 Å². The van der Waals surface area contributed by atoms with Crippen LogP contribution in [0.4, 0.5) is 0 Å². The molecule has 0 atom stereocenters. The van der Waals surface area contributed by atoms with Gasteiger partial charge in [-0.25, -0.2) is 4.98 Å². The lowest BCUT2D eigenvalue weighted by Gasteiger charge is -2.37. The van der Waals surface area contributed by atoms with Gasteiger partial charge in [0.25, 0.3) is 5.56 Å². The molecule has 140 valence electrons. The number of aromatic amines is 1. The van der Waals surface area contributed by atoms with E-state index < -0.39 is 0 Å². The number of carbonyl (C=O) groups excluding carboxylic acids is 1. The van der Waals surface area contributed by atoms with Crippen molar-refractivity contribution in [3.8, 4) is 0 Å². The summed E-state index contributed by atoms with van der Waals surface area (Å²) >= 11 is 0. The zero-order valence-electron chi connectivity index (χ0n) is 15.8. The maximum Gasteiger partial charge on any atom is 0.254 e. The van der Waals surface area contributed by atoms with E-state index in [1.165, 1.54) is 0 Å². The Hall–Kier alpha value is -1.73. The molecule has 1 N–H and O–H groups in total. The minimum atomic E-state index is -0.210. The summed E-state index contributed by atoms with van der Waals surface area (Å²) in [5.41, 5.74) is 0.897. The van der Waals surface area contributed by atoms with E-state index in [0.29, 0.717) is 30.2 Å². The second-order valence-electron chi connectivity index (χ2n) is 6.86. The summed E-state index contributed by atoms with van der Waals surface area (Å²) in [6, 6.07) is 0.235. The molecule has 0 spiro atoms. The molecule has 0 radical (unpaired) electrons. The first-order chi connectivity index (χ1) is 11.9. The molecule has 1 aromatic rings. The van der Waals surface area contributed by atoms with Gasteiger partial charge >= 0.3 is 0 Å². The molecular weight excluding hydrogens is 320 g/mol. The number of nitrogens with zero attached hydrogens (tertiary/aromatic N) is 3. The lowest BCUT2D eigenvalue weighted by Crippen LogP contribution is -2.48. The summed E-state index contributed by atoms with van der Waals surface area (Å²) in [6.07, 6.45) is 2.84. The number of amides is 1. The Morgan fingerprint density at radius 3 is 2.64 bits per heavy atom. The molecule has 0 aromatic carbocycles. The number of hydrogen-bond donors (Lipinski definition) is 1. The Morgan fingerprint density at radius 1 is 1.36 bits per heavy atom. The van der Waals surface area contributed by atoms with Gasteiger partial charge in [0.15, 0.2) is 0 Å². The average Bonchev–Trinajstić information content (AvgIpc) is 2.56. The highest BCUT2D eigenvalue weighted by Crippen LogP contribution is 2.17. The van der Waals surface area contributed by atoms with Crippen LogP contribution in [0.1, 0.15) is 36.3 Å². The van der Waals surface area contributed by atoms with Crippen molar-refractivity contribution in [2.24, 2.45) is 0 Å². The Morgan fingerprint density at radius 2 is 2.04 bits per heavy atom. The van der Waals surface area contributed by atoms with Crippen LogP contribution < -0.4 is 5.56 Å². The van der Waals surface area contributed by atoms with Crippen molar-refractivity contribution >= 4 is 5.91 Å². The number of nitrogens with one attached hydrogen (secondary N) is 1. The third-order valence-corrected chi connectivity index (χ3v) is 4.87. The number of ether oxygens (including phenoxy) is 1. The largest absolute Gasteiger partial charge is 0.385 e. The molecule has 1 aromatic heterocycles. The number of carbonyl (C=O) groups is 1. The molecule has 2 rings (SSSR count). The van der Waals surface area contributed by atoms with Gasteiger partial charge in [-0.15, -0.1) is 0 Å². The second kappa shape index (κ2) is 9.10. The van der Waals surface area contributed by atoms with Crippen molar-refractivity contribution < 1.29 is 9.53 Å². The minimum Gasteiger partial charge on any atom is -0.385 e. The number of aryl methyl sites for hydroxylation is 2. The Bertz CT molecular complexity index is 636. The fourth-order valence-electron chi connectivity index (χ4n) is 3.41. The van der Waals surface area contributed by atoms with E-state index in [0.717, 1.165) is 32.4 Å². The topological polar surface area (TPSA) is 78.5 Å². The van der Waals surface area contributed by atoms with Crippen LogP contribution in [0, 0.1) is 13.8 Å². The van der Waals surface area contributed by atoms with Crippen molar-refractivity contribution in [1.82, 2.24) is 19.8 Å². The highest BCUT2D eigenvalue weighted by molar-refractivity contribution is 5.79. The predicted octanol–water partition coefficient (Wildman–Crippen LogP) is 0.889. The number of likely N-dealkylation sites (tertiary alicyclic amines) is 1. The third-order valence-electron chi connectivity index (χ3n) is 4.87. The van der Waals surface area contributed by atoms with E-state index in [4.69, 9.17) is 4.74 Å². The van der Waals surface area contributed by atoms with Crippen molar-refractivity contribution in [3.63, 3.8) is 0 Å². The van der Waals surface area contributed by atoms with Gasteiger partial charge in [-0.2, -0.15) is 0 Å². The van der Waals surface area contributed by atoms with Gasteiger partial charge in [0.05, 0.1) is 6.42 Å². The summed E-state index contributed by atoms with van der Waals surface area (Å²) in [5.74, 6) is 0.580. The maximum atomic E-state index is 13.0. The lowest BCUT2D eigenvalue weighted by molar-refractivity contribution is -0.134. The molecule has 1 aliphatic rings. The van der Waals surface area contributed by atoms with Crippen molar-refractivity contribution in [2.45, 2.75) is 45.6 Å². The highest BCUT2D eigenvalue weighted by Gasteiger charge is 2.27. The summed E-state index contributed by atoms with van der Waals surface area (Å²) < 4.78 is 5.13. The van der Waals surface area contributed by atoms with Gasteiger partial charge < -0.3 is 19.5 Å². The van der Waals surface area contributed by atoms with Crippen LogP contribution in [0.15, 0.2) is 4.79 Å². The number of hydrogen-bond acceptors (Lipinski definition) is 5. The Kier molecular flexibility index (Phi) is 7.13. The first kappa shape index (κ1) is 19.6. The van der Waals surface area contributed by atoms with Crippen LogP contribution in [0.5, 0.6) is 0 Å². The smallest absolute Gasteiger partial charge is 0.254 e. The normalized spacial score (nSPS) is 16.2. The van der Waals surface area contributed by atoms with Crippen molar-refractivity contribution in [1.29, 1.82) is 0 Å². The summed E-state index contributed by atoms with van der Waals surface area (Å²) in [5, 5.41) is 0. The summed E-state index contributed by atoms with van der Waals surface area (Å²) in [6.45, 7) is 6.81. The molecule has 1 amide bonds. The number of H-pyrrole nitrogens is 1. The second-order valence-corrected chi connectivity index (χ2v) is 6.86. The summed E-state index contributed by atoms with van der Waals surface area (Å²) in [7, 11) is 3.77. The molecule has 1 aliphatic heterocycles. The van der Waals surface area contributed by atoms with Gasteiger partial charge in [0, 0.05) is 37.6 Å². The monoisotopic (exact) mass is 350 g/mol. The molecule has 0 unspecified atom stereocenters. The third kappa shape index (κ3) is 5.37. The zero-order valence-corrected chi connectivity index (χ0v) is 15.8. The number of methoxy groups -OCH3 is 1. The fourth-order valence-corrected chi connectivity index (χ4v) is 3.41.